The number of para-hydroxylation sites is 1. The Labute approximate surface area is 156 Å². The first-order valence-corrected chi connectivity index (χ1v) is 8.96. The van der Waals surface area contributed by atoms with Gasteiger partial charge in [0, 0.05) is 17.1 Å². The highest BCUT2D eigenvalue weighted by Gasteiger charge is 2.27. The van der Waals surface area contributed by atoms with Gasteiger partial charge in [-0.1, -0.05) is 35.9 Å². The minimum atomic E-state index is -0.0953. The smallest absolute Gasteiger partial charge is 0.229 e. The Bertz CT molecular complexity index is 1130. The largest absolute Gasteiger partial charge is 0.452 e. The van der Waals surface area contributed by atoms with Crippen molar-refractivity contribution in [2.75, 3.05) is 10.6 Å². The summed E-state index contributed by atoms with van der Waals surface area (Å²) in [6.07, 6.45) is 9.09. The zero-order valence-corrected chi connectivity index (χ0v) is 14.8. The van der Waals surface area contributed by atoms with E-state index in [1.807, 2.05) is 24.3 Å². The Morgan fingerprint density at radius 1 is 1.30 bits per heavy atom. The maximum absolute atomic E-state index is 12.4. The molecule has 3 heterocycles. The molecule has 6 heteroatoms. The number of hydrogen-bond acceptors (Lipinski definition) is 5. The van der Waals surface area contributed by atoms with Crippen LogP contribution in [0.1, 0.15) is 18.9 Å². The maximum atomic E-state index is 12.4. The van der Waals surface area contributed by atoms with Crippen molar-refractivity contribution in [1.82, 2.24) is 9.97 Å². The van der Waals surface area contributed by atoms with Crippen LogP contribution in [0.5, 0.6) is 0 Å². The van der Waals surface area contributed by atoms with Crippen molar-refractivity contribution in [2.45, 2.75) is 25.8 Å². The van der Waals surface area contributed by atoms with Crippen molar-refractivity contribution in [3.05, 3.63) is 59.8 Å². The first-order valence-electron chi connectivity index (χ1n) is 8.96. The quantitative estimate of drug-likeness (QED) is 0.722. The minimum absolute atomic E-state index is 0.0953. The predicted molar refractivity (Wildman–Crippen MR) is 104 cm³/mol. The molecule has 27 heavy (non-hydrogen) atoms. The van der Waals surface area contributed by atoms with E-state index in [2.05, 4.69) is 40.8 Å². The van der Waals surface area contributed by atoms with Gasteiger partial charge in [0.15, 0.2) is 5.76 Å². The van der Waals surface area contributed by atoms with Crippen molar-refractivity contribution in [2.24, 2.45) is 0 Å². The van der Waals surface area contributed by atoms with Crippen molar-refractivity contribution in [3.63, 3.8) is 0 Å². The summed E-state index contributed by atoms with van der Waals surface area (Å²) in [5.74, 6) is 1.02. The molecule has 1 aliphatic carbocycles. The number of benzene rings is 1. The van der Waals surface area contributed by atoms with E-state index in [1.54, 1.807) is 6.20 Å². The van der Waals surface area contributed by atoms with Gasteiger partial charge in [-0.2, -0.15) is 0 Å². The zero-order chi connectivity index (χ0) is 18.4. The molecule has 1 aromatic carbocycles. The van der Waals surface area contributed by atoms with Gasteiger partial charge in [0.25, 0.3) is 0 Å². The number of allylic oxidation sites excluding steroid dienone is 2. The number of rotatable bonds is 2. The Balaban J connectivity index is 1.61. The van der Waals surface area contributed by atoms with Gasteiger partial charge < -0.3 is 15.1 Å². The SMILES string of the molecule is CC1=CC=CCC1Nc1ncc2c(n1)-c1oc3ccccc3c1NC(=O)C2. The Hall–Kier alpha value is -3.41. The standard InChI is InChI=1S/C21H18N4O2/c1-12-6-2-4-8-15(12)23-21-22-11-13-10-17(26)24-19-14-7-3-5-9-16(14)27-20(19)18(13)25-21/h2-7,9,11,15H,8,10H2,1H3,(H,24,26)(H,22,23,25). The lowest BCUT2D eigenvalue weighted by Gasteiger charge is -2.20. The van der Waals surface area contributed by atoms with Gasteiger partial charge in [-0.25, -0.2) is 9.97 Å². The van der Waals surface area contributed by atoms with Crippen molar-refractivity contribution in [3.8, 4) is 11.5 Å². The predicted octanol–water partition coefficient (Wildman–Crippen LogP) is 4.07. The number of hydrogen-bond donors (Lipinski definition) is 2. The molecule has 2 aliphatic rings. The number of aromatic nitrogens is 2. The monoisotopic (exact) mass is 358 g/mol. The molecule has 0 radical (unpaired) electrons. The Kier molecular flexibility index (Phi) is 3.57. The van der Waals surface area contributed by atoms with Crippen molar-refractivity contribution in [1.29, 1.82) is 0 Å². The third-order valence-corrected chi connectivity index (χ3v) is 5.01. The topological polar surface area (TPSA) is 80.1 Å². The second-order valence-electron chi connectivity index (χ2n) is 6.87. The fourth-order valence-corrected chi connectivity index (χ4v) is 3.56. The van der Waals surface area contributed by atoms with Crippen LogP contribution in [0.25, 0.3) is 22.4 Å². The van der Waals surface area contributed by atoms with Crippen LogP contribution < -0.4 is 10.6 Å². The van der Waals surface area contributed by atoms with Crippen LogP contribution >= 0.6 is 0 Å². The molecule has 134 valence electrons. The molecule has 1 aliphatic heterocycles. The van der Waals surface area contributed by atoms with Crippen LogP contribution in [0.3, 0.4) is 0 Å². The van der Waals surface area contributed by atoms with E-state index in [-0.39, 0.29) is 18.4 Å². The average molecular weight is 358 g/mol. The summed E-state index contributed by atoms with van der Waals surface area (Å²) in [6.45, 7) is 2.09. The van der Waals surface area contributed by atoms with Gasteiger partial charge in [0.2, 0.25) is 11.9 Å². The molecule has 1 amide bonds. The second-order valence-corrected chi connectivity index (χ2v) is 6.87. The molecule has 1 atom stereocenters. The van der Waals surface area contributed by atoms with Gasteiger partial charge in [0.1, 0.15) is 11.3 Å². The van der Waals surface area contributed by atoms with E-state index in [0.29, 0.717) is 23.1 Å². The summed E-state index contributed by atoms with van der Waals surface area (Å²) in [7, 11) is 0. The normalized spacial score (nSPS) is 18.3. The minimum Gasteiger partial charge on any atom is -0.452 e. The molecule has 5 rings (SSSR count). The Morgan fingerprint density at radius 2 is 2.19 bits per heavy atom. The summed E-state index contributed by atoms with van der Waals surface area (Å²) in [6, 6.07) is 7.82. The summed E-state index contributed by atoms with van der Waals surface area (Å²) in [5.41, 5.74) is 4.05. The lowest BCUT2D eigenvalue weighted by Crippen LogP contribution is -2.23. The first kappa shape index (κ1) is 15.8. The van der Waals surface area contributed by atoms with Gasteiger partial charge in [-0.05, 0) is 25.5 Å². The molecular weight excluding hydrogens is 340 g/mol. The lowest BCUT2D eigenvalue weighted by atomic mass is 10.0. The van der Waals surface area contributed by atoms with E-state index >= 15 is 0 Å². The number of carbonyl (C=O) groups is 1. The molecule has 0 saturated heterocycles. The molecule has 0 bridgehead atoms. The fourth-order valence-electron chi connectivity index (χ4n) is 3.56. The zero-order valence-electron chi connectivity index (χ0n) is 14.8. The van der Waals surface area contributed by atoms with Gasteiger partial charge >= 0.3 is 0 Å². The van der Waals surface area contributed by atoms with Gasteiger partial charge in [-0.3, -0.25) is 4.79 Å². The summed E-state index contributed by atoms with van der Waals surface area (Å²) in [5, 5.41) is 7.22. The number of nitrogens with zero attached hydrogens (tertiary/aromatic N) is 2. The molecule has 3 aromatic rings. The number of anilines is 2. The number of nitrogens with one attached hydrogen (secondary N) is 2. The van der Waals surface area contributed by atoms with Crippen molar-refractivity contribution >= 4 is 28.5 Å². The second kappa shape index (κ2) is 6.09. The highest BCUT2D eigenvalue weighted by Crippen LogP contribution is 2.40. The molecular formula is C21H18N4O2. The molecule has 1 unspecified atom stereocenters. The Morgan fingerprint density at radius 3 is 3.07 bits per heavy atom. The lowest BCUT2D eigenvalue weighted by molar-refractivity contribution is -0.115. The number of amides is 1. The van der Waals surface area contributed by atoms with Gasteiger partial charge in [-0.15, -0.1) is 0 Å². The summed E-state index contributed by atoms with van der Waals surface area (Å²) < 4.78 is 6.06. The third-order valence-electron chi connectivity index (χ3n) is 5.01. The van der Waals surface area contributed by atoms with Crippen LogP contribution in [0.4, 0.5) is 11.6 Å². The van der Waals surface area contributed by atoms with E-state index in [4.69, 9.17) is 9.40 Å². The van der Waals surface area contributed by atoms with E-state index in [1.165, 1.54) is 5.57 Å². The molecule has 0 fully saturated rings. The highest BCUT2D eigenvalue weighted by atomic mass is 16.3. The van der Waals surface area contributed by atoms with E-state index in [9.17, 15) is 4.79 Å². The van der Waals surface area contributed by atoms with Crippen LogP contribution in [0.2, 0.25) is 0 Å². The summed E-state index contributed by atoms with van der Waals surface area (Å²) >= 11 is 0. The number of fused-ring (bicyclic) bond motifs is 5. The molecule has 2 aromatic heterocycles. The van der Waals surface area contributed by atoms with Crippen LogP contribution in [-0.4, -0.2) is 21.9 Å². The van der Waals surface area contributed by atoms with Crippen LogP contribution in [-0.2, 0) is 11.2 Å². The summed E-state index contributed by atoms with van der Waals surface area (Å²) in [4.78, 5) is 21.5. The number of carbonyl (C=O) groups excluding carboxylic acids is 1. The van der Waals surface area contributed by atoms with E-state index in [0.717, 1.165) is 23.0 Å². The fraction of sp³-hybridized carbons (Fsp3) is 0.190. The van der Waals surface area contributed by atoms with Crippen molar-refractivity contribution < 1.29 is 9.21 Å². The molecule has 0 saturated carbocycles. The molecule has 6 nitrogen and oxygen atoms in total. The number of furan rings is 1. The highest BCUT2D eigenvalue weighted by molar-refractivity contribution is 6.08. The maximum Gasteiger partial charge on any atom is 0.229 e. The van der Waals surface area contributed by atoms with Gasteiger partial charge in [0.05, 0.1) is 18.2 Å². The van der Waals surface area contributed by atoms with Crippen LogP contribution in [0, 0.1) is 0 Å². The van der Waals surface area contributed by atoms with Crippen LogP contribution in [0.15, 0.2) is 58.7 Å². The molecule has 0 spiro atoms. The van der Waals surface area contributed by atoms with E-state index < -0.39 is 0 Å². The molecule has 2 N–H and O–H groups in total. The third kappa shape index (κ3) is 2.70. The average Bonchev–Trinajstić information content (AvgIpc) is 2.96. The first-order chi connectivity index (χ1) is 13.2.